The van der Waals surface area contributed by atoms with Crippen LogP contribution in [0, 0.1) is 10.1 Å². The van der Waals surface area contributed by atoms with E-state index in [2.05, 4.69) is 24.5 Å². The molecule has 1 aromatic carbocycles. The molecular formula is C21H21N3O7S2. The monoisotopic (exact) mass is 491 g/mol. The first-order valence-corrected chi connectivity index (χ1v) is 11.1. The molecule has 2 amide bonds. The van der Waals surface area contributed by atoms with Crippen molar-refractivity contribution >= 4 is 52.6 Å². The van der Waals surface area contributed by atoms with Gasteiger partial charge in [0, 0.05) is 23.9 Å². The molecule has 1 saturated heterocycles. The number of carbonyl (C=O) groups is 3. The predicted molar refractivity (Wildman–Crippen MR) is 125 cm³/mol. The molecular weight excluding hydrogens is 470 g/mol. The summed E-state index contributed by atoms with van der Waals surface area (Å²) < 4.78 is 10.3. The number of rotatable bonds is 8. The van der Waals surface area contributed by atoms with Gasteiger partial charge in [0.25, 0.3) is 5.69 Å². The summed E-state index contributed by atoms with van der Waals surface area (Å²) in [5.41, 5.74) is 0.510. The number of anilines is 1. The van der Waals surface area contributed by atoms with E-state index in [0.29, 0.717) is 21.9 Å². The van der Waals surface area contributed by atoms with Crippen molar-refractivity contribution in [3.63, 3.8) is 0 Å². The largest absolute Gasteiger partial charge is 0.457 e. The highest BCUT2D eigenvalue weighted by atomic mass is 32.1. The lowest BCUT2D eigenvalue weighted by Crippen LogP contribution is -2.43. The minimum absolute atomic E-state index is 0.0648. The molecule has 1 aliphatic heterocycles. The summed E-state index contributed by atoms with van der Waals surface area (Å²) in [4.78, 5) is 49.2. The first kappa shape index (κ1) is 24.3. The van der Waals surface area contributed by atoms with Crippen LogP contribution in [0.5, 0.6) is 0 Å². The number of hydrogen-bond acceptors (Lipinski definition) is 9. The topological polar surface area (TPSA) is 128 Å². The van der Waals surface area contributed by atoms with E-state index in [0.717, 1.165) is 11.3 Å². The molecule has 0 bridgehead atoms. The Hall–Kier alpha value is -3.38. The number of amides is 2. The molecule has 1 aromatic heterocycles. The number of hydrogen-bond donors (Lipinski definition) is 2. The number of thiophene rings is 1. The Balaban J connectivity index is 1.59. The van der Waals surface area contributed by atoms with E-state index >= 15 is 0 Å². The molecule has 12 heteroatoms. The Morgan fingerprint density at radius 3 is 2.64 bits per heavy atom. The second-order valence-electron chi connectivity index (χ2n) is 7.08. The first-order valence-electron chi connectivity index (χ1n) is 9.82. The van der Waals surface area contributed by atoms with Crippen molar-refractivity contribution < 1.29 is 28.8 Å². The molecule has 0 spiro atoms. The number of esters is 1. The minimum Gasteiger partial charge on any atom is -0.457 e. The molecule has 2 atom stereocenters. The van der Waals surface area contributed by atoms with Crippen molar-refractivity contribution in [2.24, 2.45) is 0 Å². The van der Waals surface area contributed by atoms with E-state index in [1.54, 1.807) is 6.07 Å². The number of carbonyl (C=O) groups excluding carboxylic acids is 3. The zero-order valence-corrected chi connectivity index (χ0v) is 19.1. The summed E-state index contributed by atoms with van der Waals surface area (Å²) in [5.74, 6) is -0.945. The summed E-state index contributed by atoms with van der Waals surface area (Å²) in [6.45, 7) is 3.69. The van der Waals surface area contributed by atoms with Crippen LogP contribution in [-0.4, -0.2) is 52.2 Å². The van der Waals surface area contributed by atoms with Gasteiger partial charge in [-0.25, -0.2) is 9.59 Å². The van der Waals surface area contributed by atoms with Crippen molar-refractivity contribution in [2.45, 2.75) is 24.3 Å². The van der Waals surface area contributed by atoms with Gasteiger partial charge in [-0.05, 0) is 36.2 Å². The molecule has 0 saturated carbocycles. The van der Waals surface area contributed by atoms with Crippen LogP contribution in [0.4, 0.5) is 15.5 Å². The van der Waals surface area contributed by atoms with Gasteiger partial charge >= 0.3 is 12.1 Å². The standard InChI is InChI=1S/C21H21N3O7S2/c1-2-9-30-20(26)17-7-8-18(33-17)22-19(25)16-10-15(32)11-23(16)21(27)31-12-13-3-5-14(6-4-13)24(28)29/h2-8,15-16,32H,1,9-12H2,(H,22,25). The minimum atomic E-state index is -0.796. The van der Waals surface area contributed by atoms with E-state index in [9.17, 15) is 24.5 Å². The molecule has 1 fully saturated rings. The van der Waals surface area contributed by atoms with Gasteiger partial charge in [0.05, 0.1) is 9.92 Å². The lowest BCUT2D eigenvalue weighted by atomic mass is 10.2. The van der Waals surface area contributed by atoms with Crippen LogP contribution in [0.2, 0.25) is 0 Å². The molecule has 0 aliphatic carbocycles. The van der Waals surface area contributed by atoms with Gasteiger partial charge in [0.15, 0.2) is 0 Å². The van der Waals surface area contributed by atoms with E-state index in [1.807, 2.05) is 0 Å². The molecule has 2 heterocycles. The fourth-order valence-corrected chi connectivity index (χ4v) is 4.31. The molecule has 0 radical (unpaired) electrons. The third-order valence-corrected chi connectivity index (χ3v) is 6.07. The number of nitrogens with one attached hydrogen (secondary N) is 1. The average Bonchev–Trinajstić information content (AvgIpc) is 3.42. The lowest BCUT2D eigenvalue weighted by Gasteiger charge is -2.23. The van der Waals surface area contributed by atoms with Gasteiger partial charge < -0.3 is 14.8 Å². The SMILES string of the molecule is C=CCOC(=O)c1ccc(NC(=O)C2CC(S)CN2C(=O)OCc2ccc([N+](=O)[O-])cc2)s1. The van der Waals surface area contributed by atoms with Gasteiger partial charge in [-0.15, -0.1) is 11.3 Å². The van der Waals surface area contributed by atoms with Crippen LogP contribution in [0.3, 0.4) is 0 Å². The molecule has 2 aromatic rings. The van der Waals surface area contributed by atoms with E-state index in [-0.39, 0.29) is 30.7 Å². The van der Waals surface area contributed by atoms with Crippen LogP contribution >= 0.6 is 24.0 Å². The Bertz CT molecular complexity index is 1050. The third kappa shape index (κ3) is 6.33. The second kappa shape index (κ2) is 11.0. The summed E-state index contributed by atoms with van der Waals surface area (Å²) in [6.07, 6.45) is 1.10. The van der Waals surface area contributed by atoms with Crippen LogP contribution in [0.15, 0.2) is 49.1 Å². The Kier molecular flexibility index (Phi) is 8.06. The van der Waals surface area contributed by atoms with Gasteiger partial charge in [0.2, 0.25) is 5.91 Å². The number of nitro benzene ring substituents is 1. The van der Waals surface area contributed by atoms with Gasteiger partial charge in [-0.1, -0.05) is 12.7 Å². The maximum absolute atomic E-state index is 12.8. The normalized spacial score (nSPS) is 17.3. The molecule has 2 unspecified atom stereocenters. The highest BCUT2D eigenvalue weighted by Crippen LogP contribution is 2.27. The maximum atomic E-state index is 12.8. The summed E-state index contributed by atoms with van der Waals surface area (Å²) >= 11 is 5.46. The summed E-state index contributed by atoms with van der Waals surface area (Å²) in [5, 5.41) is 13.7. The number of non-ortho nitro benzene ring substituents is 1. The van der Waals surface area contributed by atoms with Crippen LogP contribution in [-0.2, 0) is 20.9 Å². The smallest absolute Gasteiger partial charge is 0.410 e. The van der Waals surface area contributed by atoms with Crippen LogP contribution in [0.25, 0.3) is 0 Å². The van der Waals surface area contributed by atoms with Crippen molar-refractivity contribution in [3.8, 4) is 0 Å². The average molecular weight is 492 g/mol. The predicted octanol–water partition coefficient (Wildman–Crippen LogP) is 3.65. The number of likely N-dealkylation sites (tertiary alicyclic amines) is 1. The molecule has 1 N–H and O–H groups in total. The van der Waals surface area contributed by atoms with Gasteiger partial charge in [-0.2, -0.15) is 12.6 Å². The maximum Gasteiger partial charge on any atom is 0.410 e. The van der Waals surface area contributed by atoms with Crippen LogP contribution in [0.1, 0.15) is 21.7 Å². The number of ether oxygens (including phenoxy) is 2. The Morgan fingerprint density at radius 1 is 1.24 bits per heavy atom. The van der Waals surface area contributed by atoms with Gasteiger partial charge in [-0.3, -0.25) is 19.8 Å². The van der Waals surface area contributed by atoms with E-state index < -0.39 is 28.9 Å². The highest BCUT2D eigenvalue weighted by Gasteiger charge is 2.39. The quantitative estimate of drug-likeness (QED) is 0.190. The second-order valence-corrected chi connectivity index (χ2v) is 8.89. The highest BCUT2D eigenvalue weighted by molar-refractivity contribution is 7.81. The molecule has 33 heavy (non-hydrogen) atoms. The molecule has 3 rings (SSSR count). The first-order chi connectivity index (χ1) is 15.8. The number of thiol groups is 1. The zero-order chi connectivity index (χ0) is 24.0. The lowest BCUT2D eigenvalue weighted by molar-refractivity contribution is -0.384. The summed E-state index contributed by atoms with van der Waals surface area (Å²) in [6, 6.07) is 7.96. The van der Waals surface area contributed by atoms with Crippen molar-refractivity contribution in [1.82, 2.24) is 4.90 Å². The number of benzene rings is 1. The summed E-state index contributed by atoms with van der Waals surface area (Å²) in [7, 11) is 0. The van der Waals surface area contributed by atoms with Crippen molar-refractivity contribution in [2.75, 3.05) is 18.5 Å². The molecule has 1 aliphatic rings. The van der Waals surface area contributed by atoms with E-state index in [4.69, 9.17) is 9.47 Å². The van der Waals surface area contributed by atoms with Crippen molar-refractivity contribution in [1.29, 1.82) is 0 Å². The molecule has 174 valence electrons. The molecule has 10 nitrogen and oxygen atoms in total. The van der Waals surface area contributed by atoms with E-state index in [1.165, 1.54) is 41.3 Å². The number of nitrogens with zero attached hydrogens (tertiary/aromatic N) is 2. The number of nitro groups is 1. The Morgan fingerprint density at radius 2 is 1.97 bits per heavy atom. The third-order valence-electron chi connectivity index (χ3n) is 4.71. The fourth-order valence-electron chi connectivity index (χ4n) is 3.13. The zero-order valence-electron chi connectivity index (χ0n) is 17.3. The van der Waals surface area contributed by atoms with Crippen molar-refractivity contribution in [3.05, 3.63) is 69.6 Å². The van der Waals surface area contributed by atoms with Gasteiger partial charge in [0.1, 0.15) is 24.1 Å². The fraction of sp³-hybridized carbons (Fsp3) is 0.286. The Labute approximate surface area is 198 Å². The van der Waals surface area contributed by atoms with Crippen LogP contribution < -0.4 is 5.32 Å².